The van der Waals surface area contributed by atoms with Crippen LogP contribution in [0, 0.1) is 5.82 Å². The Labute approximate surface area is 95.7 Å². The summed E-state index contributed by atoms with van der Waals surface area (Å²) in [4.78, 5) is 0. The molecule has 0 saturated carbocycles. The second-order valence-electron chi connectivity index (χ2n) is 3.58. The highest BCUT2D eigenvalue weighted by atomic mass is 19.3. The first-order valence-electron chi connectivity index (χ1n) is 4.86. The van der Waals surface area contributed by atoms with Crippen molar-refractivity contribution < 1.29 is 13.2 Å². The van der Waals surface area contributed by atoms with Crippen molar-refractivity contribution in [2.24, 2.45) is 7.05 Å². The number of anilines is 1. The van der Waals surface area contributed by atoms with Crippen LogP contribution in [0.3, 0.4) is 0 Å². The summed E-state index contributed by atoms with van der Waals surface area (Å²) in [5.74, 6) is -0.960. The molecule has 0 radical (unpaired) electrons. The summed E-state index contributed by atoms with van der Waals surface area (Å²) in [5.41, 5.74) is 5.57. The van der Waals surface area contributed by atoms with E-state index in [0.29, 0.717) is 5.69 Å². The van der Waals surface area contributed by atoms with Gasteiger partial charge in [0, 0.05) is 12.6 Å². The number of halogens is 3. The van der Waals surface area contributed by atoms with E-state index in [9.17, 15) is 13.2 Å². The minimum Gasteiger partial charge on any atom is -0.396 e. The molecule has 6 heteroatoms. The Morgan fingerprint density at radius 1 is 1.35 bits per heavy atom. The molecule has 1 aromatic heterocycles. The number of alkyl halides is 2. The van der Waals surface area contributed by atoms with Crippen molar-refractivity contribution >= 4 is 5.69 Å². The van der Waals surface area contributed by atoms with Crippen molar-refractivity contribution in [3.63, 3.8) is 0 Å². The van der Waals surface area contributed by atoms with Crippen LogP contribution in [0.15, 0.2) is 24.4 Å². The number of nitrogens with two attached hydrogens (primary N) is 1. The van der Waals surface area contributed by atoms with Gasteiger partial charge in [-0.15, -0.1) is 0 Å². The quantitative estimate of drug-likeness (QED) is 0.878. The Balaban J connectivity index is 2.65. The highest BCUT2D eigenvalue weighted by Gasteiger charge is 2.19. The summed E-state index contributed by atoms with van der Waals surface area (Å²) in [6, 6.07) is 3.82. The summed E-state index contributed by atoms with van der Waals surface area (Å²) in [6.07, 6.45) is -1.51. The van der Waals surface area contributed by atoms with E-state index >= 15 is 0 Å². The monoisotopic (exact) mass is 241 g/mol. The first-order valence-corrected chi connectivity index (χ1v) is 4.86. The fourth-order valence-electron chi connectivity index (χ4n) is 1.69. The highest BCUT2D eigenvalue weighted by Crippen LogP contribution is 2.32. The smallest absolute Gasteiger partial charge is 0.266 e. The van der Waals surface area contributed by atoms with Gasteiger partial charge in [-0.25, -0.2) is 13.2 Å². The highest BCUT2D eigenvalue weighted by molar-refractivity contribution is 5.73. The molecule has 2 aromatic rings. The van der Waals surface area contributed by atoms with Crippen molar-refractivity contribution in [2.75, 3.05) is 5.73 Å². The van der Waals surface area contributed by atoms with Crippen LogP contribution in [0.5, 0.6) is 0 Å². The molecule has 0 spiro atoms. The van der Waals surface area contributed by atoms with Gasteiger partial charge in [0.15, 0.2) is 0 Å². The summed E-state index contributed by atoms with van der Waals surface area (Å²) >= 11 is 0. The third kappa shape index (κ3) is 1.86. The topological polar surface area (TPSA) is 43.8 Å². The fourth-order valence-corrected chi connectivity index (χ4v) is 1.69. The molecule has 0 aliphatic carbocycles. The maximum absolute atomic E-state index is 13.9. The fraction of sp³-hybridized carbons (Fsp3) is 0.182. The average Bonchev–Trinajstić information content (AvgIpc) is 2.59. The van der Waals surface area contributed by atoms with E-state index in [0.717, 1.165) is 6.07 Å². The summed E-state index contributed by atoms with van der Waals surface area (Å²) in [7, 11) is 1.57. The van der Waals surface area contributed by atoms with Gasteiger partial charge in [0.25, 0.3) is 6.43 Å². The second-order valence-corrected chi connectivity index (χ2v) is 3.58. The van der Waals surface area contributed by atoms with Crippen molar-refractivity contribution in [3.8, 4) is 11.3 Å². The Morgan fingerprint density at radius 2 is 2.06 bits per heavy atom. The number of aromatic nitrogens is 2. The van der Waals surface area contributed by atoms with E-state index < -0.39 is 17.8 Å². The molecular weight excluding hydrogens is 231 g/mol. The minimum absolute atomic E-state index is 0.0281. The van der Waals surface area contributed by atoms with Crippen LogP contribution in [-0.2, 0) is 7.05 Å². The first kappa shape index (κ1) is 11.5. The van der Waals surface area contributed by atoms with Gasteiger partial charge in [-0.1, -0.05) is 12.1 Å². The maximum atomic E-state index is 13.9. The van der Waals surface area contributed by atoms with Crippen LogP contribution in [-0.4, -0.2) is 9.78 Å². The molecule has 1 heterocycles. The van der Waals surface area contributed by atoms with Crippen molar-refractivity contribution in [1.29, 1.82) is 0 Å². The number of hydrogen-bond donors (Lipinski definition) is 1. The molecule has 90 valence electrons. The molecule has 1 aromatic carbocycles. The number of benzene rings is 1. The number of hydrogen-bond acceptors (Lipinski definition) is 2. The molecule has 0 fully saturated rings. The second kappa shape index (κ2) is 4.12. The largest absolute Gasteiger partial charge is 0.396 e. The van der Waals surface area contributed by atoms with Gasteiger partial charge in [0.1, 0.15) is 5.82 Å². The lowest BCUT2D eigenvalue weighted by Crippen LogP contribution is -2.00. The lowest BCUT2D eigenvalue weighted by molar-refractivity contribution is 0.146. The number of nitrogens with zero attached hydrogens (tertiary/aromatic N) is 2. The van der Waals surface area contributed by atoms with Crippen LogP contribution < -0.4 is 5.73 Å². The van der Waals surface area contributed by atoms with E-state index in [1.807, 2.05) is 0 Å². The predicted octanol–water partition coefficient (Wildman–Crippen LogP) is 2.75. The first-order chi connectivity index (χ1) is 8.02. The van der Waals surface area contributed by atoms with E-state index in [1.165, 1.54) is 23.0 Å². The van der Waals surface area contributed by atoms with Crippen molar-refractivity contribution in [2.45, 2.75) is 6.43 Å². The summed E-state index contributed by atoms with van der Waals surface area (Å²) in [5, 5.41) is 3.85. The van der Waals surface area contributed by atoms with Crippen LogP contribution in [0.2, 0.25) is 0 Å². The molecule has 2 N–H and O–H groups in total. The van der Waals surface area contributed by atoms with E-state index in [4.69, 9.17) is 5.73 Å². The zero-order valence-electron chi connectivity index (χ0n) is 8.99. The van der Waals surface area contributed by atoms with Crippen LogP contribution >= 0.6 is 0 Å². The van der Waals surface area contributed by atoms with E-state index in [1.54, 1.807) is 7.05 Å². The van der Waals surface area contributed by atoms with Crippen LogP contribution in [0.25, 0.3) is 11.3 Å². The van der Waals surface area contributed by atoms with Gasteiger partial charge in [-0.3, -0.25) is 4.68 Å². The molecule has 0 saturated heterocycles. The molecule has 0 amide bonds. The zero-order valence-corrected chi connectivity index (χ0v) is 8.99. The molecule has 2 rings (SSSR count). The normalized spacial score (nSPS) is 11.1. The molecule has 17 heavy (non-hydrogen) atoms. The molecule has 0 bridgehead atoms. The number of nitrogen functional groups attached to an aromatic ring is 1. The Kier molecular flexibility index (Phi) is 2.79. The average molecular weight is 241 g/mol. The molecular formula is C11H10F3N3. The van der Waals surface area contributed by atoms with Crippen molar-refractivity contribution in [1.82, 2.24) is 9.78 Å². The maximum Gasteiger partial charge on any atom is 0.266 e. The van der Waals surface area contributed by atoms with Gasteiger partial charge in [-0.05, 0) is 6.07 Å². The third-order valence-corrected chi connectivity index (χ3v) is 2.49. The van der Waals surface area contributed by atoms with E-state index in [-0.39, 0.29) is 11.3 Å². The Morgan fingerprint density at radius 3 is 2.59 bits per heavy atom. The van der Waals surface area contributed by atoms with Crippen molar-refractivity contribution in [3.05, 3.63) is 35.8 Å². The van der Waals surface area contributed by atoms with Gasteiger partial charge in [0.05, 0.1) is 23.1 Å². The molecule has 0 aliphatic heterocycles. The number of aryl methyl sites for hydroxylation is 1. The Hall–Kier alpha value is -1.98. The molecule has 0 aliphatic rings. The Bertz CT molecular complexity index is 529. The minimum atomic E-state index is -2.86. The molecule has 0 unspecified atom stereocenters. The lowest BCUT2D eigenvalue weighted by Gasteiger charge is -2.08. The van der Waals surface area contributed by atoms with Gasteiger partial charge < -0.3 is 5.73 Å². The van der Waals surface area contributed by atoms with Gasteiger partial charge in [-0.2, -0.15) is 5.10 Å². The van der Waals surface area contributed by atoms with Crippen LogP contribution in [0.1, 0.15) is 12.0 Å². The third-order valence-electron chi connectivity index (χ3n) is 2.49. The van der Waals surface area contributed by atoms with E-state index in [2.05, 4.69) is 5.10 Å². The molecule has 3 nitrogen and oxygen atoms in total. The predicted molar refractivity (Wildman–Crippen MR) is 58.0 cm³/mol. The number of rotatable bonds is 2. The summed E-state index contributed by atoms with van der Waals surface area (Å²) in [6.45, 7) is 0. The SMILES string of the molecule is Cn1ncc(N)c1-c1cccc(C(F)F)c1F. The van der Waals surface area contributed by atoms with Gasteiger partial charge in [0.2, 0.25) is 0 Å². The lowest BCUT2D eigenvalue weighted by atomic mass is 10.1. The van der Waals surface area contributed by atoms with Gasteiger partial charge >= 0.3 is 0 Å². The standard InChI is InChI=1S/C11H10F3N3/c1-17-10(8(15)5-16-17)6-3-2-4-7(9(6)12)11(13)14/h2-5,11H,15H2,1H3. The zero-order chi connectivity index (χ0) is 12.6. The molecule has 0 atom stereocenters. The summed E-state index contributed by atoms with van der Waals surface area (Å²) < 4.78 is 40.3. The van der Waals surface area contributed by atoms with Crippen LogP contribution in [0.4, 0.5) is 18.9 Å².